The third kappa shape index (κ3) is 68.4. The van der Waals surface area contributed by atoms with Crippen molar-refractivity contribution in [3.63, 3.8) is 0 Å². The number of carbonyl (C=O) groups is 4. The SMILES string of the molecule is CCCCCCCCCCCCCCCCCCCCCCC(=O)OC[C@H](COP(=O)(O)OC[C@@H](O)COP(=O)(O)OC[C@@H](COC(=O)CCCCCCC)OC(=O)CCCCCCCCC)OC(=O)CCCCCCCCCCCCCCCCCCCCC(C)C. The zero-order chi connectivity index (χ0) is 68.4. The van der Waals surface area contributed by atoms with Crippen molar-refractivity contribution in [1.82, 2.24) is 0 Å². The maximum Gasteiger partial charge on any atom is 0.472 e. The molecule has 0 rings (SSSR count). The van der Waals surface area contributed by atoms with Crippen LogP contribution in [0.15, 0.2) is 0 Å². The standard InChI is InChI=1S/C74H144O17P2/c1-6-9-12-15-17-18-19-20-21-22-23-24-28-31-34-37-40-44-48-53-58-72(77)85-64-70(91-74(79)60-55-50-45-41-38-35-32-29-26-25-27-30-33-36-39-43-47-51-56-67(4)5)66-89-93(82,83)87-62-68(75)61-86-92(80,81)88-65-69(63-84-71(76)57-52-46-14-11-8-3)90-73(78)59-54-49-42-16-13-10-7-2/h67-70,75H,6-66H2,1-5H3,(H,80,81)(H,82,83)/t68-,69+,70+/m0/s1. The predicted molar refractivity (Wildman–Crippen MR) is 377 cm³/mol. The van der Waals surface area contributed by atoms with Crippen LogP contribution in [0.5, 0.6) is 0 Å². The Morgan fingerprint density at radius 2 is 0.495 bits per heavy atom. The highest BCUT2D eigenvalue weighted by Crippen LogP contribution is 2.45. The Balaban J connectivity index is 5.06. The summed E-state index contributed by atoms with van der Waals surface area (Å²) in [5.41, 5.74) is 0. The molecule has 5 atom stereocenters. The minimum absolute atomic E-state index is 0.103. The maximum absolute atomic E-state index is 13.1. The first-order valence-electron chi connectivity index (χ1n) is 38.6. The summed E-state index contributed by atoms with van der Waals surface area (Å²) in [5.74, 6) is -1.32. The molecular weight excluding hydrogens is 1220 g/mol. The number of aliphatic hydroxyl groups is 1. The van der Waals surface area contributed by atoms with Gasteiger partial charge in [-0.3, -0.25) is 37.3 Å². The van der Waals surface area contributed by atoms with Crippen LogP contribution in [0.2, 0.25) is 0 Å². The van der Waals surface area contributed by atoms with E-state index in [4.69, 9.17) is 37.0 Å². The third-order valence-electron chi connectivity index (χ3n) is 17.3. The first-order chi connectivity index (χ1) is 45.0. The Morgan fingerprint density at radius 1 is 0.290 bits per heavy atom. The quantitative estimate of drug-likeness (QED) is 0.0222. The van der Waals surface area contributed by atoms with Gasteiger partial charge in [-0.05, 0) is 31.6 Å². The van der Waals surface area contributed by atoms with E-state index in [1.165, 1.54) is 193 Å². The second-order valence-electron chi connectivity index (χ2n) is 27.2. The van der Waals surface area contributed by atoms with Crippen LogP contribution in [0.25, 0.3) is 0 Å². The number of hydrogen-bond acceptors (Lipinski definition) is 15. The molecule has 0 aliphatic heterocycles. The van der Waals surface area contributed by atoms with Crippen molar-refractivity contribution in [3.8, 4) is 0 Å². The number of phosphoric ester groups is 2. The van der Waals surface area contributed by atoms with Crippen LogP contribution in [0.3, 0.4) is 0 Å². The fourth-order valence-corrected chi connectivity index (χ4v) is 12.9. The lowest BCUT2D eigenvalue weighted by Gasteiger charge is -2.21. The minimum Gasteiger partial charge on any atom is -0.462 e. The van der Waals surface area contributed by atoms with Crippen LogP contribution in [0.4, 0.5) is 0 Å². The van der Waals surface area contributed by atoms with Crippen molar-refractivity contribution in [2.24, 2.45) is 5.92 Å². The zero-order valence-electron chi connectivity index (χ0n) is 60.4. The molecule has 0 amide bonds. The molecule has 0 spiro atoms. The molecule has 0 bridgehead atoms. The van der Waals surface area contributed by atoms with Crippen LogP contribution in [0, 0.1) is 5.92 Å². The van der Waals surface area contributed by atoms with Crippen LogP contribution >= 0.6 is 15.6 Å². The van der Waals surface area contributed by atoms with Gasteiger partial charge in [0.05, 0.1) is 26.4 Å². The number of hydrogen-bond donors (Lipinski definition) is 3. The van der Waals surface area contributed by atoms with Gasteiger partial charge in [-0.1, -0.05) is 336 Å². The van der Waals surface area contributed by atoms with Crippen LogP contribution in [-0.4, -0.2) is 96.7 Å². The largest absolute Gasteiger partial charge is 0.472 e. The van der Waals surface area contributed by atoms with Gasteiger partial charge in [0.25, 0.3) is 0 Å². The van der Waals surface area contributed by atoms with E-state index < -0.39 is 97.5 Å². The molecule has 0 radical (unpaired) electrons. The van der Waals surface area contributed by atoms with E-state index in [0.29, 0.717) is 25.7 Å². The molecule has 552 valence electrons. The number of rotatable bonds is 74. The molecule has 0 fully saturated rings. The van der Waals surface area contributed by atoms with Gasteiger partial charge in [0.1, 0.15) is 19.3 Å². The van der Waals surface area contributed by atoms with Gasteiger partial charge in [0, 0.05) is 25.7 Å². The molecule has 0 aromatic carbocycles. The van der Waals surface area contributed by atoms with Crippen molar-refractivity contribution >= 4 is 39.5 Å². The lowest BCUT2D eigenvalue weighted by Crippen LogP contribution is -2.30. The van der Waals surface area contributed by atoms with Gasteiger partial charge >= 0.3 is 39.5 Å². The highest BCUT2D eigenvalue weighted by molar-refractivity contribution is 7.47. The molecule has 0 aromatic rings. The number of ether oxygens (including phenoxy) is 4. The van der Waals surface area contributed by atoms with Crippen molar-refractivity contribution in [3.05, 3.63) is 0 Å². The van der Waals surface area contributed by atoms with E-state index >= 15 is 0 Å². The summed E-state index contributed by atoms with van der Waals surface area (Å²) >= 11 is 0. The van der Waals surface area contributed by atoms with Crippen LogP contribution in [0.1, 0.15) is 388 Å². The maximum atomic E-state index is 13.1. The van der Waals surface area contributed by atoms with Gasteiger partial charge in [-0.15, -0.1) is 0 Å². The highest BCUT2D eigenvalue weighted by atomic mass is 31.2. The van der Waals surface area contributed by atoms with Crippen molar-refractivity contribution in [2.45, 2.75) is 406 Å². The topological polar surface area (TPSA) is 237 Å². The molecule has 0 saturated heterocycles. The molecule has 0 aliphatic rings. The number of unbranched alkanes of at least 4 members (excludes halogenated alkanes) is 46. The second-order valence-corrected chi connectivity index (χ2v) is 30.1. The summed E-state index contributed by atoms with van der Waals surface area (Å²) in [6.45, 7) is 7.17. The first kappa shape index (κ1) is 91.1. The molecule has 93 heavy (non-hydrogen) atoms. The van der Waals surface area contributed by atoms with Gasteiger partial charge in [-0.25, -0.2) is 9.13 Å². The second kappa shape index (κ2) is 67.3. The lowest BCUT2D eigenvalue weighted by molar-refractivity contribution is -0.161. The summed E-state index contributed by atoms with van der Waals surface area (Å²) in [6.07, 6.45) is 56.4. The van der Waals surface area contributed by atoms with Crippen LogP contribution < -0.4 is 0 Å². The van der Waals surface area contributed by atoms with E-state index in [1.807, 2.05) is 0 Å². The van der Waals surface area contributed by atoms with Crippen molar-refractivity contribution < 1.29 is 80.2 Å². The molecule has 0 saturated carbocycles. The van der Waals surface area contributed by atoms with E-state index in [1.54, 1.807) is 0 Å². The lowest BCUT2D eigenvalue weighted by atomic mass is 10.0. The highest BCUT2D eigenvalue weighted by Gasteiger charge is 2.30. The van der Waals surface area contributed by atoms with Crippen LogP contribution in [-0.2, 0) is 65.4 Å². The molecule has 0 heterocycles. The average molecular weight is 1370 g/mol. The number of phosphoric acid groups is 2. The van der Waals surface area contributed by atoms with E-state index in [-0.39, 0.29) is 25.7 Å². The normalized spacial score (nSPS) is 14.0. The van der Waals surface area contributed by atoms with Gasteiger partial charge in [-0.2, -0.15) is 0 Å². The Labute approximate surface area is 568 Å². The van der Waals surface area contributed by atoms with Gasteiger partial charge in [0.2, 0.25) is 0 Å². The predicted octanol–water partition coefficient (Wildman–Crippen LogP) is 21.7. The summed E-state index contributed by atoms with van der Waals surface area (Å²) < 4.78 is 68.0. The van der Waals surface area contributed by atoms with E-state index in [9.17, 15) is 43.2 Å². The van der Waals surface area contributed by atoms with Gasteiger partial charge < -0.3 is 33.8 Å². The molecule has 3 N–H and O–H groups in total. The average Bonchev–Trinajstić information content (AvgIpc) is 2.79. The third-order valence-corrected chi connectivity index (χ3v) is 19.2. The fraction of sp³-hybridized carbons (Fsp3) is 0.946. The minimum atomic E-state index is -4.95. The Hall–Kier alpha value is -1.94. The molecule has 0 aromatic heterocycles. The Morgan fingerprint density at radius 3 is 0.731 bits per heavy atom. The van der Waals surface area contributed by atoms with E-state index in [2.05, 4.69) is 34.6 Å². The Bertz CT molecular complexity index is 1790. The molecule has 2 unspecified atom stereocenters. The van der Waals surface area contributed by atoms with Gasteiger partial charge in [0.15, 0.2) is 12.2 Å². The summed E-state index contributed by atoms with van der Waals surface area (Å²) in [7, 11) is -9.89. The summed E-state index contributed by atoms with van der Waals surface area (Å²) in [6, 6.07) is 0. The Kier molecular flexibility index (Phi) is 65.9. The molecule has 19 heteroatoms. The molecule has 17 nitrogen and oxygen atoms in total. The smallest absolute Gasteiger partial charge is 0.462 e. The molecular formula is C74H144O17P2. The fourth-order valence-electron chi connectivity index (χ4n) is 11.4. The number of aliphatic hydroxyl groups excluding tert-OH is 1. The molecule has 0 aliphatic carbocycles. The first-order valence-corrected chi connectivity index (χ1v) is 41.6. The zero-order valence-corrected chi connectivity index (χ0v) is 62.2. The monoisotopic (exact) mass is 1370 g/mol. The summed E-state index contributed by atoms with van der Waals surface area (Å²) in [5, 5.41) is 10.6. The number of carbonyl (C=O) groups excluding carboxylic acids is 4. The number of esters is 4. The van der Waals surface area contributed by atoms with Crippen molar-refractivity contribution in [1.29, 1.82) is 0 Å². The summed E-state index contributed by atoms with van der Waals surface area (Å²) in [4.78, 5) is 72.2. The van der Waals surface area contributed by atoms with Crippen molar-refractivity contribution in [2.75, 3.05) is 39.6 Å². The van der Waals surface area contributed by atoms with E-state index in [0.717, 1.165) is 115 Å².